The maximum atomic E-state index is 8.35. The fraction of sp³-hybridized carbons (Fsp3) is 0.318. The van der Waals surface area contributed by atoms with Crippen LogP contribution < -0.4 is 4.74 Å². The molecule has 0 bridgehead atoms. The Morgan fingerprint density at radius 2 is 1.44 bits per heavy atom. The Bertz CT molecular complexity index is 2620. The molecule has 50 heavy (non-hydrogen) atoms. The van der Waals surface area contributed by atoms with Gasteiger partial charge in [0.05, 0.1) is 0 Å². The Morgan fingerprint density at radius 3 is 2.20 bits per heavy atom. The summed E-state index contributed by atoms with van der Waals surface area (Å²) < 4.78 is 38.5. The SMILES string of the molecule is [2H]C([2H])([2H])n1[c](=[Pt])n(C2CCC(C)c3ccc(Oc4ccc5c6cc(C(C)(C)C)ccc6n(-c6cc(C(C)(C)C)ccn6)c5c4)cc32)c2ccccc21. The molecule has 2 unspecified atom stereocenters. The second kappa shape index (κ2) is 11.9. The molecule has 8 rings (SSSR count). The molecule has 0 fully saturated rings. The van der Waals surface area contributed by atoms with E-state index in [1.54, 1.807) is 0 Å². The molecule has 3 heterocycles. The maximum absolute atomic E-state index is 8.35. The van der Waals surface area contributed by atoms with Crippen LogP contribution in [0.3, 0.4) is 0 Å². The standard InChI is InChI=1S/C44H46N4O.Pt/c1-28-13-19-37(47-27-46(8)39-11-9-10-12-40(39)47)36-25-31(15-17-33(28)36)49-32-16-18-34-35-23-29(43(2,3)4)14-20-38(35)48(41(34)26-32)42-24-30(21-22-45-42)44(5,6)7;/h9-12,14-18,20-26,28,37H,13,19H2,1-8H3;/i8D3;. The first-order valence-corrected chi connectivity index (χ1v) is 18.7. The molecule has 0 saturated heterocycles. The van der Waals surface area contributed by atoms with E-state index < -0.39 is 6.98 Å². The summed E-state index contributed by atoms with van der Waals surface area (Å²) in [6, 6.07) is 31.7. The van der Waals surface area contributed by atoms with Crippen molar-refractivity contribution in [2.24, 2.45) is 6.98 Å². The monoisotopic (exact) mass is 844 g/mol. The second-order valence-electron chi connectivity index (χ2n) is 16.0. The number of fused-ring (bicyclic) bond motifs is 5. The van der Waals surface area contributed by atoms with E-state index in [-0.39, 0.29) is 16.9 Å². The van der Waals surface area contributed by atoms with Gasteiger partial charge in [-0.2, -0.15) is 0 Å². The molecule has 1 aliphatic rings. The predicted molar refractivity (Wildman–Crippen MR) is 202 cm³/mol. The van der Waals surface area contributed by atoms with Crippen LogP contribution in [0.15, 0.2) is 97.2 Å². The molecule has 0 radical (unpaired) electrons. The van der Waals surface area contributed by atoms with Crippen LogP contribution in [-0.2, 0) is 37.2 Å². The summed E-state index contributed by atoms with van der Waals surface area (Å²) in [7, 11) is 0. The Kier molecular flexibility index (Phi) is 7.05. The molecule has 0 saturated carbocycles. The minimum absolute atomic E-state index is 0.00983. The summed E-state index contributed by atoms with van der Waals surface area (Å²) in [5.41, 5.74) is 8.72. The Labute approximate surface area is 310 Å². The number of para-hydroxylation sites is 2. The number of ether oxygens (including phenoxy) is 1. The number of benzene rings is 4. The van der Waals surface area contributed by atoms with E-state index in [1.165, 1.54) is 32.2 Å². The molecule has 0 N–H and O–H groups in total. The fourth-order valence-corrected chi connectivity index (χ4v) is 8.60. The van der Waals surface area contributed by atoms with E-state index in [9.17, 15) is 0 Å². The van der Waals surface area contributed by atoms with Crippen LogP contribution in [-0.4, -0.2) is 18.7 Å². The van der Waals surface area contributed by atoms with Crippen molar-refractivity contribution in [2.75, 3.05) is 0 Å². The molecule has 258 valence electrons. The van der Waals surface area contributed by atoms with Crippen LogP contribution in [0.1, 0.15) is 99.6 Å². The third kappa shape index (κ3) is 5.49. The van der Waals surface area contributed by atoms with E-state index >= 15 is 0 Å². The van der Waals surface area contributed by atoms with Gasteiger partial charge in [0.25, 0.3) is 0 Å². The Hall–Kier alpha value is -4.21. The van der Waals surface area contributed by atoms with Crippen LogP contribution in [0, 0.1) is 3.80 Å². The van der Waals surface area contributed by atoms with Crippen LogP contribution in [0.5, 0.6) is 11.5 Å². The van der Waals surface area contributed by atoms with Crippen molar-refractivity contribution in [3.05, 3.63) is 123 Å². The number of pyridine rings is 1. The summed E-state index contributed by atoms with van der Waals surface area (Å²) >= 11 is 2.19. The summed E-state index contributed by atoms with van der Waals surface area (Å²) in [6.07, 6.45) is 3.82. The number of aryl methyl sites for hydroxylation is 1. The van der Waals surface area contributed by atoms with Crippen molar-refractivity contribution in [3.8, 4) is 17.3 Å². The van der Waals surface area contributed by atoms with Gasteiger partial charge < -0.3 is 0 Å². The Morgan fingerprint density at radius 1 is 0.720 bits per heavy atom. The van der Waals surface area contributed by atoms with Gasteiger partial charge in [0.2, 0.25) is 0 Å². The molecule has 3 aromatic heterocycles. The van der Waals surface area contributed by atoms with Gasteiger partial charge in [-0.3, -0.25) is 0 Å². The average molecular weight is 845 g/mol. The van der Waals surface area contributed by atoms with Gasteiger partial charge in [0, 0.05) is 6.20 Å². The predicted octanol–water partition coefficient (Wildman–Crippen LogP) is 11.4. The van der Waals surface area contributed by atoms with Crippen molar-refractivity contribution in [2.45, 2.75) is 84.1 Å². The van der Waals surface area contributed by atoms with Crippen molar-refractivity contribution >= 4 is 32.8 Å². The molecule has 0 spiro atoms. The van der Waals surface area contributed by atoms with Crippen LogP contribution in [0.4, 0.5) is 0 Å². The van der Waals surface area contributed by atoms with E-state index in [4.69, 9.17) is 13.8 Å². The normalized spacial score (nSPS) is 17.9. The summed E-state index contributed by atoms with van der Waals surface area (Å²) in [4.78, 5) is 4.90. The first-order chi connectivity index (χ1) is 25.0. The molecule has 0 aliphatic heterocycles. The number of hydrogen-bond acceptors (Lipinski definition) is 2. The first-order valence-electron chi connectivity index (χ1n) is 19.1. The Balaban J connectivity index is 1.26. The molecular formula is C44H46N4OPt. The zero-order chi connectivity index (χ0) is 37.6. The van der Waals surface area contributed by atoms with Gasteiger partial charge >= 0.3 is 206 Å². The number of hydrogen-bond donors (Lipinski definition) is 0. The van der Waals surface area contributed by atoms with Crippen molar-refractivity contribution < 1.29 is 28.2 Å². The number of nitrogens with zero attached hydrogens (tertiary/aromatic N) is 4. The van der Waals surface area contributed by atoms with Crippen molar-refractivity contribution in [1.82, 2.24) is 18.7 Å². The van der Waals surface area contributed by atoms with E-state index in [0.717, 1.165) is 52.1 Å². The number of imidazole rings is 1. The average Bonchev–Trinajstić information content (AvgIpc) is 3.58. The van der Waals surface area contributed by atoms with E-state index in [1.807, 2.05) is 30.5 Å². The number of aromatic nitrogens is 4. The first kappa shape index (κ1) is 29.5. The van der Waals surface area contributed by atoms with Gasteiger partial charge in [0.15, 0.2) is 0 Å². The van der Waals surface area contributed by atoms with E-state index in [2.05, 4.69) is 144 Å². The molecule has 2 atom stereocenters. The molecule has 6 heteroatoms. The summed E-state index contributed by atoms with van der Waals surface area (Å²) in [6.45, 7) is 13.4. The van der Waals surface area contributed by atoms with Crippen LogP contribution in [0.25, 0.3) is 38.7 Å². The molecule has 5 nitrogen and oxygen atoms in total. The third-order valence-corrected chi connectivity index (χ3v) is 11.6. The van der Waals surface area contributed by atoms with Crippen LogP contribution >= 0.6 is 0 Å². The molecule has 4 aromatic carbocycles. The minimum atomic E-state index is -2.29. The summed E-state index contributed by atoms with van der Waals surface area (Å²) in [5.74, 6) is 2.76. The third-order valence-electron chi connectivity index (χ3n) is 10.5. The molecular weight excluding hydrogens is 796 g/mol. The van der Waals surface area contributed by atoms with Crippen molar-refractivity contribution in [1.29, 1.82) is 0 Å². The van der Waals surface area contributed by atoms with Gasteiger partial charge in [-0.15, -0.1) is 0 Å². The fourth-order valence-electron chi connectivity index (χ4n) is 7.70. The summed E-state index contributed by atoms with van der Waals surface area (Å²) in [5, 5.41) is 2.34. The van der Waals surface area contributed by atoms with Crippen molar-refractivity contribution in [3.63, 3.8) is 0 Å². The second-order valence-corrected chi connectivity index (χ2v) is 17.0. The zero-order valence-electron chi connectivity index (χ0n) is 32.8. The van der Waals surface area contributed by atoms with E-state index in [0.29, 0.717) is 15.2 Å². The van der Waals surface area contributed by atoms with Gasteiger partial charge in [0.1, 0.15) is 0 Å². The topological polar surface area (TPSA) is 36.9 Å². The molecule has 0 amide bonds. The molecule has 7 aromatic rings. The van der Waals surface area contributed by atoms with Crippen LogP contribution in [0.2, 0.25) is 0 Å². The number of rotatable bonds is 4. The van der Waals surface area contributed by atoms with Gasteiger partial charge in [-0.05, 0) is 46.2 Å². The van der Waals surface area contributed by atoms with Gasteiger partial charge in [-0.1, -0.05) is 47.6 Å². The quantitative estimate of drug-likeness (QED) is 0.177. The zero-order valence-corrected chi connectivity index (χ0v) is 32.1. The molecule has 1 aliphatic carbocycles. The van der Waals surface area contributed by atoms with Gasteiger partial charge in [-0.25, -0.2) is 4.98 Å².